The maximum atomic E-state index is 13.0. The Bertz CT molecular complexity index is 1050. The first-order valence-corrected chi connectivity index (χ1v) is 10.7. The molecule has 2 aliphatic heterocycles. The molecule has 0 saturated carbocycles. The van der Waals surface area contributed by atoms with Crippen molar-refractivity contribution in [2.45, 2.75) is 25.2 Å². The highest BCUT2D eigenvalue weighted by Crippen LogP contribution is 2.32. The van der Waals surface area contributed by atoms with Crippen LogP contribution in [0.3, 0.4) is 0 Å². The van der Waals surface area contributed by atoms with Gasteiger partial charge in [-0.2, -0.15) is 0 Å². The molecule has 0 radical (unpaired) electrons. The number of fused-ring (bicyclic) bond motifs is 1. The number of hydrogen-bond donors (Lipinski definition) is 0. The van der Waals surface area contributed by atoms with Crippen LogP contribution in [0.25, 0.3) is 11.1 Å². The fourth-order valence-corrected chi connectivity index (χ4v) is 4.54. The van der Waals surface area contributed by atoms with Gasteiger partial charge in [0.1, 0.15) is 5.52 Å². The molecule has 0 spiro atoms. The maximum absolute atomic E-state index is 13.0. The molecule has 3 heterocycles. The molecule has 0 aliphatic carbocycles. The Morgan fingerprint density at radius 2 is 1.80 bits per heavy atom. The molecule has 1 aromatic heterocycles. The summed E-state index contributed by atoms with van der Waals surface area (Å²) in [5, 5.41) is 0.625. The van der Waals surface area contributed by atoms with Crippen LogP contribution in [-0.2, 0) is 9.59 Å². The Balaban J connectivity index is 1.21. The lowest BCUT2D eigenvalue weighted by Gasteiger charge is -2.32. The minimum Gasteiger partial charge on any atom is -0.440 e. The second-order valence-electron chi connectivity index (χ2n) is 8.00. The van der Waals surface area contributed by atoms with E-state index >= 15 is 0 Å². The number of para-hydroxylation sites is 2. The predicted molar refractivity (Wildman–Crippen MR) is 114 cm³/mol. The van der Waals surface area contributed by atoms with Gasteiger partial charge in [0.2, 0.25) is 11.8 Å². The van der Waals surface area contributed by atoms with Gasteiger partial charge in [-0.05, 0) is 49.2 Å². The lowest BCUT2D eigenvalue weighted by atomic mass is 9.95. The van der Waals surface area contributed by atoms with Gasteiger partial charge in [0.15, 0.2) is 11.5 Å². The van der Waals surface area contributed by atoms with Crippen molar-refractivity contribution in [2.75, 3.05) is 24.5 Å². The average molecular weight is 424 g/mol. The molecule has 1 atom stereocenters. The Morgan fingerprint density at radius 1 is 1.07 bits per heavy atom. The summed E-state index contributed by atoms with van der Waals surface area (Å²) in [5.74, 6) is 0.729. The van der Waals surface area contributed by atoms with Crippen LogP contribution >= 0.6 is 11.6 Å². The molecule has 7 heteroatoms. The molecule has 30 heavy (non-hydrogen) atoms. The van der Waals surface area contributed by atoms with E-state index in [0.29, 0.717) is 24.7 Å². The molecule has 3 aromatic rings. The molecule has 6 nitrogen and oxygen atoms in total. The normalized spacial score (nSPS) is 20.3. The van der Waals surface area contributed by atoms with Crippen molar-refractivity contribution in [2.24, 2.45) is 5.92 Å². The summed E-state index contributed by atoms with van der Waals surface area (Å²) in [6.07, 6.45) is 1.90. The van der Waals surface area contributed by atoms with E-state index in [9.17, 15) is 9.59 Å². The number of carbonyl (C=O) groups excluding carboxylic acids is 2. The Hall–Kier alpha value is -2.86. The summed E-state index contributed by atoms with van der Waals surface area (Å²) < 4.78 is 5.91. The van der Waals surface area contributed by atoms with Crippen molar-refractivity contribution < 1.29 is 14.0 Å². The fraction of sp³-hybridized carbons (Fsp3) is 0.348. The van der Waals surface area contributed by atoms with Crippen LogP contribution in [0.15, 0.2) is 52.9 Å². The van der Waals surface area contributed by atoms with Crippen LogP contribution in [0.5, 0.6) is 0 Å². The van der Waals surface area contributed by atoms with Gasteiger partial charge < -0.3 is 14.2 Å². The molecule has 0 bridgehead atoms. The largest absolute Gasteiger partial charge is 0.440 e. The third-order valence-corrected chi connectivity index (χ3v) is 6.33. The van der Waals surface area contributed by atoms with Crippen molar-refractivity contribution in [3.63, 3.8) is 0 Å². The fourth-order valence-electron chi connectivity index (χ4n) is 4.41. The number of benzene rings is 2. The monoisotopic (exact) mass is 423 g/mol. The number of rotatable bonds is 3. The first kappa shape index (κ1) is 19.1. The van der Waals surface area contributed by atoms with E-state index in [4.69, 9.17) is 16.0 Å². The van der Waals surface area contributed by atoms with Crippen LogP contribution < -0.4 is 4.90 Å². The number of anilines is 1. The molecule has 0 N–H and O–H groups in total. The zero-order chi connectivity index (χ0) is 20.7. The lowest BCUT2D eigenvalue weighted by Crippen LogP contribution is -2.42. The number of likely N-dealkylation sites (tertiary alicyclic amines) is 1. The van der Waals surface area contributed by atoms with Gasteiger partial charge in [0.05, 0.1) is 5.92 Å². The third-order valence-electron chi connectivity index (χ3n) is 6.08. The summed E-state index contributed by atoms with van der Waals surface area (Å²) in [4.78, 5) is 33.7. The Kier molecular flexibility index (Phi) is 4.95. The number of hydrogen-bond acceptors (Lipinski definition) is 4. The lowest BCUT2D eigenvalue weighted by molar-refractivity contribution is -0.136. The Labute approximate surface area is 179 Å². The Morgan fingerprint density at radius 3 is 2.53 bits per heavy atom. The van der Waals surface area contributed by atoms with Crippen LogP contribution in [0.1, 0.15) is 31.1 Å². The van der Waals surface area contributed by atoms with E-state index in [1.807, 2.05) is 41.3 Å². The quantitative estimate of drug-likeness (QED) is 0.632. The van der Waals surface area contributed by atoms with Crippen LogP contribution in [0.4, 0.5) is 5.69 Å². The van der Waals surface area contributed by atoms with Gasteiger partial charge in [0, 0.05) is 42.7 Å². The summed E-state index contributed by atoms with van der Waals surface area (Å²) in [5.41, 5.74) is 2.46. The second-order valence-corrected chi connectivity index (χ2v) is 8.44. The number of amides is 2. The number of nitrogens with zero attached hydrogens (tertiary/aromatic N) is 3. The predicted octanol–water partition coefficient (Wildman–Crippen LogP) is 4.24. The molecular weight excluding hydrogens is 402 g/mol. The average Bonchev–Trinajstić information content (AvgIpc) is 3.38. The number of piperidine rings is 1. The molecule has 2 fully saturated rings. The summed E-state index contributed by atoms with van der Waals surface area (Å²) in [6.45, 7) is 1.74. The van der Waals surface area contributed by atoms with E-state index in [1.165, 1.54) is 0 Å². The van der Waals surface area contributed by atoms with Crippen molar-refractivity contribution in [1.29, 1.82) is 0 Å². The summed E-state index contributed by atoms with van der Waals surface area (Å²) in [6, 6.07) is 14.9. The molecule has 2 aromatic carbocycles. The molecule has 2 saturated heterocycles. The summed E-state index contributed by atoms with van der Waals surface area (Å²) >= 11 is 5.94. The molecule has 5 rings (SSSR count). The summed E-state index contributed by atoms with van der Waals surface area (Å²) in [7, 11) is 0. The van der Waals surface area contributed by atoms with Crippen molar-refractivity contribution >= 4 is 40.2 Å². The van der Waals surface area contributed by atoms with Crippen molar-refractivity contribution in [3.05, 3.63) is 59.4 Å². The first-order valence-electron chi connectivity index (χ1n) is 10.3. The topological polar surface area (TPSA) is 66.7 Å². The van der Waals surface area contributed by atoms with Gasteiger partial charge in [-0.25, -0.2) is 4.98 Å². The third kappa shape index (κ3) is 3.56. The highest BCUT2D eigenvalue weighted by Gasteiger charge is 2.38. The molecule has 1 unspecified atom stereocenters. The number of aromatic nitrogens is 1. The van der Waals surface area contributed by atoms with E-state index in [-0.39, 0.29) is 30.1 Å². The highest BCUT2D eigenvalue weighted by atomic mass is 35.5. The van der Waals surface area contributed by atoms with Gasteiger partial charge >= 0.3 is 0 Å². The highest BCUT2D eigenvalue weighted by molar-refractivity contribution is 6.30. The van der Waals surface area contributed by atoms with E-state index < -0.39 is 0 Å². The first-order chi connectivity index (χ1) is 14.6. The standard InChI is InChI=1S/C23H22ClN3O3/c24-17-5-7-18(8-6-17)27-14-16(13-21(27)28)23(29)26-11-9-15(10-12-26)22-25-19-3-1-2-4-20(19)30-22/h1-8,15-16H,9-14H2. The zero-order valence-electron chi connectivity index (χ0n) is 16.5. The van der Waals surface area contributed by atoms with Crippen molar-refractivity contribution in [3.8, 4) is 0 Å². The van der Waals surface area contributed by atoms with E-state index in [0.717, 1.165) is 35.5 Å². The molecular formula is C23H22ClN3O3. The van der Waals surface area contributed by atoms with Gasteiger partial charge in [-0.1, -0.05) is 23.7 Å². The molecule has 154 valence electrons. The number of carbonyl (C=O) groups is 2. The van der Waals surface area contributed by atoms with Crippen molar-refractivity contribution in [1.82, 2.24) is 9.88 Å². The molecule has 2 aliphatic rings. The maximum Gasteiger partial charge on any atom is 0.228 e. The second kappa shape index (κ2) is 7.76. The van der Waals surface area contributed by atoms with Gasteiger partial charge in [-0.3, -0.25) is 9.59 Å². The minimum absolute atomic E-state index is 0.0166. The van der Waals surface area contributed by atoms with Crippen LogP contribution in [0.2, 0.25) is 5.02 Å². The van der Waals surface area contributed by atoms with Gasteiger partial charge in [0.25, 0.3) is 0 Å². The number of oxazole rings is 1. The van der Waals surface area contributed by atoms with Crippen LogP contribution in [0, 0.1) is 5.92 Å². The van der Waals surface area contributed by atoms with E-state index in [1.54, 1.807) is 17.0 Å². The van der Waals surface area contributed by atoms with Gasteiger partial charge in [-0.15, -0.1) is 0 Å². The number of halogens is 1. The minimum atomic E-state index is -0.297. The SMILES string of the molecule is O=C(C1CC(=O)N(c2ccc(Cl)cc2)C1)N1CCC(c2nc3ccccc3o2)CC1. The smallest absolute Gasteiger partial charge is 0.228 e. The van der Waals surface area contributed by atoms with Crippen LogP contribution in [-0.4, -0.2) is 41.3 Å². The zero-order valence-corrected chi connectivity index (χ0v) is 17.2. The van der Waals surface area contributed by atoms with E-state index in [2.05, 4.69) is 4.98 Å². The molecule has 2 amide bonds.